The van der Waals surface area contributed by atoms with Gasteiger partial charge in [0.05, 0.1) is 17.3 Å². The Morgan fingerprint density at radius 3 is 2.53 bits per heavy atom. The summed E-state index contributed by atoms with van der Waals surface area (Å²) in [5.41, 5.74) is 6.04. The summed E-state index contributed by atoms with van der Waals surface area (Å²) in [7, 11) is 0. The molecule has 172 valence electrons. The van der Waals surface area contributed by atoms with E-state index in [1.165, 1.54) is 0 Å². The molecule has 6 nitrogen and oxygen atoms in total. The lowest BCUT2D eigenvalue weighted by Crippen LogP contribution is -2.45. The maximum Gasteiger partial charge on any atom is 0.251 e. The molecule has 0 aliphatic carbocycles. The van der Waals surface area contributed by atoms with E-state index in [9.17, 15) is 9.59 Å². The Labute approximate surface area is 203 Å². The number of hydrogen-bond acceptors (Lipinski definition) is 4. The molecule has 32 heavy (non-hydrogen) atoms. The van der Waals surface area contributed by atoms with Gasteiger partial charge in [-0.15, -0.1) is 0 Å². The van der Waals surface area contributed by atoms with Crippen LogP contribution < -0.4 is 15.6 Å². The first-order chi connectivity index (χ1) is 15.4. The van der Waals surface area contributed by atoms with E-state index in [0.717, 1.165) is 21.4 Å². The van der Waals surface area contributed by atoms with Crippen molar-refractivity contribution in [2.45, 2.75) is 34.1 Å². The molecule has 0 spiro atoms. The van der Waals surface area contributed by atoms with Crippen LogP contribution in [0.3, 0.4) is 0 Å². The second-order valence-corrected chi connectivity index (χ2v) is 8.35. The van der Waals surface area contributed by atoms with E-state index in [1.807, 2.05) is 45.9 Å². The molecule has 0 saturated heterocycles. The Morgan fingerprint density at radius 1 is 1.19 bits per heavy atom. The van der Waals surface area contributed by atoms with Crippen LogP contribution in [0.15, 0.2) is 52.0 Å². The summed E-state index contributed by atoms with van der Waals surface area (Å²) in [5, 5.41) is 7.92. The molecule has 2 N–H and O–H groups in total. The SMILES string of the molecule is CC.CCN/N=C1/c2cc(Br)ccc2N(CCCNC(=O)c2ccc(Cl)cc2)C(=O)C1C. The first-order valence-corrected chi connectivity index (χ1v) is 12.0. The maximum absolute atomic E-state index is 13.0. The number of fused-ring (bicyclic) bond motifs is 1. The first-order valence-electron chi connectivity index (χ1n) is 10.9. The van der Waals surface area contributed by atoms with Crippen molar-refractivity contribution in [2.24, 2.45) is 11.0 Å². The number of carbonyl (C=O) groups excluding carboxylic acids is 2. The monoisotopic (exact) mass is 520 g/mol. The summed E-state index contributed by atoms with van der Waals surface area (Å²) in [4.78, 5) is 27.1. The highest BCUT2D eigenvalue weighted by Crippen LogP contribution is 2.33. The van der Waals surface area contributed by atoms with Crippen LogP contribution in [-0.4, -0.2) is 37.2 Å². The summed E-state index contributed by atoms with van der Waals surface area (Å²) in [5.74, 6) is -0.505. The minimum Gasteiger partial charge on any atom is -0.352 e. The van der Waals surface area contributed by atoms with Crippen LogP contribution in [0.2, 0.25) is 5.02 Å². The van der Waals surface area contributed by atoms with Gasteiger partial charge in [-0.25, -0.2) is 0 Å². The predicted octanol–water partition coefficient (Wildman–Crippen LogP) is 5.25. The summed E-state index contributed by atoms with van der Waals surface area (Å²) < 4.78 is 0.933. The van der Waals surface area contributed by atoms with Crippen LogP contribution in [0.25, 0.3) is 0 Å². The fraction of sp³-hybridized carbons (Fsp3) is 0.375. The van der Waals surface area contributed by atoms with Gasteiger partial charge in [0, 0.05) is 40.3 Å². The number of anilines is 1. The van der Waals surface area contributed by atoms with E-state index in [1.54, 1.807) is 29.2 Å². The molecule has 3 rings (SSSR count). The smallest absolute Gasteiger partial charge is 0.251 e. The third-order valence-corrected chi connectivity index (χ3v) is 5.63. The molecule has 2 aromatic carbocycles. The van der Waals surface area contributed by atoms with Gasteiger partial charge in [-0.05, 0) is 62.7 Å². The average molecular weight is 522 g/mol. The van der Waals surface area contributed by atoms with Crippen molar-refractivity contribution >= 4 is 50.7 Å². The Balaban J connectivity index is 0.00000176. The van der Waals surface area contributed by atoms with E-state index < -0.39 is 0 Å². The molecule has 2 amide bonds. The number of halogens is 2. The molecule has 0 bridgehead atoms. The van der Waals surface area contributed by atoms with Gasteiger partial charge in [-0.2, -0.15) is 5.10 Å². The van der Waals surface area contributed by atoms with Gasteiger partial charge in [-0.3, -0.25) is 9.59 Å². The zero-order valence-electron chi connectivity index (χ0n) is 18.9. The number of nitrogens with one attached hydrogen (secondary N) is 2. The second kappa shape index (κ2) is 12.6. The number of nitrogens with zero attached hydrogens (tertiary/aromatic N) is 2. The van der Waals surface area contributed by atoms with Crippen molar-refractivity contribution < 1.29 is 9.59 Å². The topological polar surface area (TPSA) is 73.8 Å². The molecule has 8 heteroatoms. The van der Waals surface area contributed by atoms with Gasteiger partial charge >= 0.3 is 0 Å². The van der Waals surface area contributed by atoms with E-state index in [0.29, 0.717) is 36.6 Å². The number of amides is 2. The van der Waals surface area contributed by atoms with E-state index in [2.05, 4.69) is 31.8 Å². The average Bonchev–Trinajstić information content (AvgIpc) is 2.80. The highest BCUT2D eigenvalue weighted by molar-refractivity contribution is 9.10. The molecule has 0 radical (unpaired) electrons. The number of hydrogen-bond donors (Lipinski definition) is 2. The molecule has 1 aliphatic heterocycles. The molecule has 0 aromatic heterocycles. The van der Waals surface area contributed by atoms with Gasteiger partial charge in [0.15, 0.2) is 0 Å². The molecule has 1 atom stereocenters. The quantitative estimate of drug-likeness (QED) is 0.386. The lowest BCUT2D eigenvalue weighted by molar-refractivity contribution is -0.120. The molecule has 1 aliphatic rings. The van der Waals surface area contributed by atoms with Crippen molar-refractivity contribution in [2.75, 3.05) is 24.5 Å². The lowest BCUT2D eigenvalue weighted by Gasteiger charge is -2.34. The standard InChI is InChI=1S/C22H24BrClN4O2.C2H6/c1-3-26-27-20-14(2)22(30)28(19-10-7-16(23)13-18(19)20)12-4-11-25-21(29)15-5-8-17(24)9-6-15;1-2/h5-10,13-14,26H,3-4,11-12H2,1-2H3,(H,25,29);1-2H3/b27-20+;. The molecular formula is C24H30BrClN4O2. The fourth-order valence-electron chi connectivity index (χ4n) is 3.35. The second-order valence-electron chi connectivity index (χ2n) is 7.00. The van der Waals surface area contributed by atoms with E-state index in [4.69, 9.17) is 11.6 Å². The van der Waals surface area contributed by atoms with Crippen LogP contribution in [0.1, 0.15) is 50.0 Å². The van der Waals surface area contributed by atoms with Crippen LogP contribution in [0.4, 0.5) is 5.69 Å². The van der Waals surface area contributed by atoms with Gasteiger partial charge in [-0.1, -0.05) is 41.4 Å². The molecule has 2 aromatic rings. The van der Waals surface area contributed by atoms with Crippen LogP contribution in [-0.2, 0) is 4.79 Å². The van der Waals surface area contributed by atoms with E-state index in [-0.39, 0.29) is 17.7 Å². The Kier molecular flexibility index (Phi) is 10.2. The largest absolute Gasteiger partial charge is 0.352 e. The van der Waals surface area contributed by atoms with Gasteiger partial charge in [0.1, 0.15) is 0 Å². The van der Waals surface area contributed by atoms with Crippen LogP contribution in [0, 0.1) is 5.92 Å². The molecule has 1 heterocycles. The zero-order valence-corrected chi connectivity index (χ0v) is 21.3. The Bertz CT molecular complexity index is 963. The van der Waals surface area contributed by atoms with Crippen molar-refractivity contribution in [3.63, 3.8) is 0 Å². The third-order valence-electron chi connectivity index (χ3n) is 4.88. The van der Waals surface area contributed by atoms with Gasteiger partial charge < -0.3 is 15.6 Å². The summed E-state index contributed by atoms with van der Waals surface area (Å²) in [6, 6.07) is 12.6. The van der Waals surface area contributed by atoms with E-state index >= 15 is 0 Å². The highest BCUT2D eigenvalue weighted by Gasteiger charge is 2.35. The molecular weight excluding hydrogens is 492 g/mol. The molecule has 0 fully saturated rings. The normalized spacial score (nSPS) is 16.2. The number of benzene rings is 2. The van der Waals surface area contributed by atoms with Crippen molar-refractivity contribution in [1.29, 1.82) is 0 Å². The minimum absolute atomic E-state index is 0.00510. The summed E-state index contributed by atoms with van der Waals surface area (Å²) in [6.45, 7) is 9.49. The minimum atomic E-state index is -0.352. The van der Waals surface area contributed by atoms with Gasteiger partial charge in [0.25, 0.3) is 5.91 Å². The third kappa shape index (κ3) is 6.33. The molecule has 1 unspecified atom stereocenters. The van der Waals surface area contributed by atoms with Crippen molar-refractivity contribution in [3.8, 4) is 0 Å². The van der Waals surface area contributed by atoms with Crippen molar-refractivity contribution in [3.05, 3.63) is 63.1 Å². The number of rotatable bonds is 7. The fourth-order valence-corrected chi connectivity index (χ4v) is 3.83. The Morgan fingerprint density at radius 2 is 1.88 bits per heavy atom. The number of carbonyl (C=O) groups is 2. The summed E-state index contributed by atoms with van der Waals surface area (Å²) in [6.07, 6.45) is 0.632. The highest BCUT2D eigenvalue weighted by atomic mass is 79.9. The van der Waals surface area contributed by atoms with Crippen LogP contribution >= 0.6 is 27.5 Å². The number of hydrazone groups is 1. The first kappa shape index (κ1) is 25.9. The lowest BCUT2D eigenvalue weighted by atomic mass is 9.90. The van der Waals surface area contributed by atoms with Crippen LogP contribution in [0.5, 0.6) is 0 Å². The maximum atomic E-state index is 13.0. The van der Waals surface area contributed by atoms with Gasteiger partial charge in [0.2, 0.25) is 5.91 Å². The Hall–Kier alpha value is -2.38. The predicted molar refractivity (Wildman–Crippen MR) is 136 cm³/mol. The summed E-state index contributed by atoms with van der Waals surface area (Å²) >= 11 is 9.37. The molecule has 0 saturated carbocycles. The van der Waals surface area contributed by atoms with Crippen molar-refractivity contribution in [1.82, 2.24) is 10.7 Å². The zero-order chi connectivity index (χ0) is 23.7.